The van der Waals surface area contributed by atoms with Gasteiger partial charge in [-0.3, -0.25) is 14.4 Å². The summed E-state index contributed by atoms with van der Waals surface area (Å²) in [4.78, 5) is 38.4. The van der Waals surface area contributed by atoms with Crippen LogP contribution in [0.25, 0.3) is 0 Å². The van der Waals surface area contributed by atoms with Gasteiger partial charge in [-0.25, -0.2) is 0 Å². The number of esters is 3. The summed E-state index contributed by atoms with van der Waals surface area (Å²) in [5.41, 5.74) is 0. The molecular weight excluding hydrogens is 1020 g/mol. The van der Waals surface area contributed by atoms with Crippen LogP contribution in [0.4, 0.5) is 0 Å². The maximum Gasteiger partial charge on any atom is 0.306 e. The molecule has 0 spiro atoms. The second-order valence-electron chi connectivity index (χ2n) is 25.9. The van der Waals surface area contributed by atoms with Crippen molar-refractivity contribution in [3.05, 3.63) is 24.3 Å². The molecule has 490 valence electrons. The quantitative estimate of drug-likeness (QED) is 0.0261. The van der Waals surface area contributed by atoms with Crippen molar-refractivity contribution in [2.24, 2.45) is 0 Å². The SMILES string of the molecule is CCCCCCC/C=C\C/C=C\CCCCCCCCCCCCCCCCCCCC(=O)OCC(COC(=O)CCCCCCCCCCC)OC(=O)CCCCCCCCCCCCCCCCCCCCCCCCCCCCC. The molecule has 0 aliphatic carbocycles. The van der Waals surface area contributed by atoms with Gasteiger partial charge in [-0.15, -0.1) is 0 Å². The van der Waals surface area contributed by atoms with Crippen molar-refractivity contribution in [1.82, 2.24) is 0 Å². The molecule has 0 heterocycles. The van der Waals surface area contributed by atoms with E-state index in [0.29, 0.717) is 19.3 Å². The third kappa shape index (κ3) is 70.5. The van der Waals surface area contributed by atoms with Crippen LogP contribution in [0.2, 0.25) is 0 Å². The van der Waals surface area contributed by atoms with Crippen molar-refractivity contribution in [3.8, 4) is 0 Å². The Morgan fingerprint density at radius 3 is 0.663 bits per heavy atom. The van der Waals surface area contributed by atoms with Crippen LogP contribution in [0.15, 0.2) is 24.3 Å². The van der Waals surface area contributed by atoms with Crippen molar-refractivity contribution in [3.63, 3.8) is 0 Å². The average molecular weight is 1170 g/mol. The third-order valence-electron chi connectivity index (χ3n) is 17.5. The lowest BCUT2D eigenvalue weighted by molar-refractivity contribution is -0.167. The van der Waals surface area contributed by atoms with Gasteiger partial charge in [0.05, 0.1) is 0 Å². The molecule has 0 aliphatic rings. The molecule has 0 saturated heterocycles. The summed E-state index contributed by atoms with van der Waals surface area (Å²) in [7, 11) is 0. The molecule has 6 heteroatoms. The Bertz CT molecular complexity index is 1340. The van der Waals surface area contributed by atoms with E-state index in [4.69, 9.17) is 14.2 Å². The van der Waals surface area contributed by atoms with Crippen LogP contribution in [0, 0.1) is 0 Å². The first-order valence-electron chi connectivity index (χ1n) is 37.8. The predicted octanol–water partition coefficient (Wildman–Crippen LogP) is 26.1. The molecule has 0 aromatic rings. The van der Waals surface area contributed by atoms with Crippen LogP contribution in [0.1, 0.15) is 432 Å². The highest BCUT2D eigenvalue weighted by Gasteiger charge is 2.20. The molecule has 0 fully saturated rings. The van der Waals surface area contributed by atoms with Crippen LogP contribution in [-0.4, -0.2) is 37.2 Å². The Morgan fingerprint density at radius 1 is 0.241 bits per heavy atom. The summed E-state index contributed by atoms with van der Waals surface area (Å²) in [5.74, 6) is -0.832. The van der Waals surface area contributed by atoms with E-state index in [2.05, 4.69) is 45.1 Å². The van der Waals surface area contributed by atoms with Crippen LogP contribution in [0.5, 0.6) is 0 Å². The molecule has 0 radical (unpaired) electrons. The molecule has 6 nitrogen and oxygen atoms in total. The normalized spacial score (nSPS) is 12.1. The van der Waals surface area contributed by atoms with E-state index in [9.17, 15) is 14.4 Å². The minimum Gasteiger partial charge on any atom is -0.462 e. The van der Waals surface area contributed by atoms with E-state index in [1.165, 1.54) is 327 Å². The number of hydrogen-bond acceptors (Lipinski definition) is 6. The van der Waals surface area contributed by atoms with E-state index in [1.54, 1.807) is 0 Å². The second kappa shape index (κ2) is 72.4. The van der Waals surface area contributed by atoms with Gasteiger partial charge in [-0.2, -0.15) is 0 Å². The molecular formula is C77H146O6. The summed E-state index contributed by atoms with van der Waals surface area (Å²) in [6, 6.07) is 0. The average Bonchev–Trinajstić information content (AvgIpc) is 3.49. The number of carbonyl (C=O) groups is 3. The highest BCUT2D eigenvalue weighted by atomic mass is 16.6. The van der Waals surface area contributed by atoms with Crippen LogP contribution < -0.4 is 0 Å². The molecule has 0 bridgehead atoms. The first-order chi connectivity index (χ1) is 41.0. The fraction of sp³-hybridized carbons (Fsp3) is 0.909. The highest BCUT2D eigenvalue weighted by molar-refractivity contribution is 5.71. The third-order valence-corrected chi connectivity index (χ3v) is 17.5. The lowest BCUT2D eigenvalue weighted by Crippen LogP contribution is -2.30. The van der Waals surface area contributed by atoms with Gasteiger partial charge in [0.2, 0.25) is 0 Å². The molecule has 0 amide bonds. The molecule has 0 aromatic heterocycles. The number of rotatable bonds is 71. The summed E-state index contributed by atoms with van der Waals surface area (Å²) >= 11 is 0. The first kappa shape index (κ1) is 80.9. The van der Waals surface area contributed by atoms with Crippen LogP contribution >= 0.6 is 0 Å². The zero-order valence-electron chi connectivity index (χ0n) is 56.5. The molecule has 0 aliphatic heterocycles. The fourth-order valence-electron chi connectivity index (χ4n) is 11.8. The largest absolute Gasteiger partial charge is 0.462 e. The number of carbonyl (C=O) groups excluding carboxylic acids is 3. The topological polar surface area (TPSA) is 78.9 Å². The molecule has 83 heavy (non-hydrogen) atoms. The van der Waals surface area contributed by atoms with Gasteiger partial charge in [0.15, 0.2) is 6.10 Å². The van der Waals surface area contributed by atoms with Gasteiger partial charge in [0, 0.05) is 19.3 Å². The van der Waals surface area contributed by atoms with Crippen LogP contribution in [0.3, 0.4) is 0 Å². The Balaban J connectivity index is 4.05. The van der Waals surface area contributed by atoms with E-state index in [0.717, 1.165) is 64.2 Å². The van der Waals surface area contributed by atoms with E-state index < -0.39 is 6.10 Å². The van der Waals surface area contributed by atoms with E-state index >= 15 is 0 Å². The lowest BCUT2D eigenvalue weighted by Gasteiger charge is -2.18. The summed E-state index contributed by atoms with van der Waals surface area (Å²) in [6.45, 7) is 6.70. The zero-order chi connectivity index (χ0) is 59.9. The van der Waals surface area contributed by atoms with E-state index in [1.807, 2.05) is 0 Å². The number of ether oxygens (including phenoxy) is 3. The maximum atomic E-state index is 12.9. The molecule has 1 unspecified atom stereocenters. The highest BCUT2D eigenvalue weighted by Crippen LogP contribution is 2.19. The first-order valence-corrected chi connectivity index (χ1v) is 37.8. The van der Waals surface area contributed by atoms with Crippen molar-refractivity contribution in [1.29, 1.82) is 0 Å². The Labute approximate surface area is 519 Å². The van der Waals surface area contributed by atoms with Gasteiger partial charge >= 0.3 is 17.9 Å². The van der Waals surface area contributed by atoms with Crippen molar-refractivity contribution in [2.45, 2.75) is 438 Å². The Morgan fingerprint density at radius 2 is 0.434 bits per heavy atom. The molecule has 1 atom stereocenters. The lowest BCUT2D eigenvalue weighted by atomic mass is 10.0. The minimum atomic E-state index is -0.766. The Hall–Kier alpha value is -2.11. The zero-order valence-corrected chi connectivity index (χ0v) is 56.5. The number of allylic oxidation sites excluding steroid dienone is 4. The summed E-state index contributed by atoms with van der Waals surface area (Å²) in [6.07, 6.45) is 89.6. The van der Waals surface area contributed by atoms with Gasteiger partial charge < -0.3 is 14.2 Å². The summed E-state index contributed by atoms with van der Waals surface area (Å²) in [5, 5.41) is 0. The summed E-state index contributed by atoms with van der Waals surface area (Å²) < 4.78 is 17.0. The molecule has 0 saturated carbocycles. The molecule has 0 aromatic carbocycles. The van der Waals surface area contributed by atoms with Gasteiger partial charge in [0.25, 0.3) is 0 Å². The fourth-order valence-corrected chi connectivity index (χ4v) is 11.8. The van der Waals surface area contributed by atoms with E-state index in [-0.39, 0.29) is 31.1 Å². The van der Waals surface area contributed by atoms with Gasteiger partial charge in [-0.1, -0.05) is 385 Å². The smallest absolute Gasteiger partial charge is 0.306 e. The van der Waals surface area contributed by atoms with Gasteiger partial charge in [-0.05, 0) is 51.4 Å². The van der Waals surface area contributed by atoms with Crippen LogP contribution in [-0.2, 0) is 28.6 Å². The molecule has 0 rings (SSSR count). The van der Waals surface area contributed by atoms with Crippen molar-refractivity contribution in [2.75, 3.05) is 13.2 Å². The maximum absolute atomic E-state index is 12.9. The number of hydrogen-bond donors (Lipinski definition) is 0. The Kier molecular flexibility index (Phi) is 70.5. The molecule has 0 N–H and O–H groups in total. The van der Waals surface area contributed by atoms with Crippen molar-refractivity contribution >= 4 is 17.9 Å². The minimum absolute atomic E-state index is 0.0638. The standard InChI is InChI=1S/C77H146O6/c1-4-7-10-13-16-19-21-23-25-27-29-31-33-35-37-38-40-41-43-45-47-49-51-53-55-58-61-64-67-70-76(79)82-73-74(72-81-75(78)69-66-63-60-57-18-15-12-9-6-3)83-77(80)71-68-65-62-59-56-54-52-50-48-46-44-42-39-36-34-32-30-28-26-24-22-20-17-14-11-8-5-2/h21,23,27,29,74H,4-20,22,24-26,28,30-73H2,1-3H3/b23-21-,29-27-. The second-order valence-corrected chi connectivity index (χ2v) is 25.9. The monoisotopic (exact) mass is 1170 g/mol. The predicted molar refractivity (Wildman–Crippen MR) is 363 cm³/mol. The van der Waals surface area contributed by atoms with Crippen molar-refractivity contribution < 1.29 is 28.6 Å². The number of unbranched alkanes of at least 4 members (excludes halogenated alkanes) is 56. The van der Waals surface area contributed by atoms with Gasteiger partial charge in [0.1, 0.15) is 13.2 Å².